The lowest BCUT2D eigenvalue weighted by Gasteiger charge is -2.09. The Labute approximate surface area is 107 Å². The minimum atomic E-state index is -0.0220. The van der Waals surface area contributed by atoms with Gasteiger partial charge in [0.25, 0.3) is 0 Å². The van der Waals surface area contributed by atoms with Gasteiger partial charge >= 0.3 is 0 Å². The molecular formula is C12H17NO3S. The number of hydrogen-bond acceptors (Lipinski definition) is 4. The Bertz CT molecular complexity index is 382. The quantitative estimate of drug-likeness (QED) is 0.753. The van der Waals surface area contributed by atoms with E-state index >= 15 is 0 Å². The third kappa shape index (κ3) is 4.19. The van der Waals surface area contributed by atoms with Crippen LogP contribution in [0.3, 0.4) is 0 Å². The average molecular weight is 255 g/mol. The molecule has 0 atom stereocenters. The standard InChI is InChI=1S/C12H17NO3S/c1-15-10-4-3-9(7-11(10)16-2)8-12(14)13-5-6-17/h3-4,7,17H,5-6,8H2,1-2H3,(H,13,14). The minimum absolute atomic E-state index is 0.0220. The molecule has 1 aromatic carbocycles. The van der Waals surface area contributed by atoms with Crippen molar-refractivity contribution in [2.24, 2.45) is 0 Å². The highest BCUT2D eigenvalue weighted by Crippen LogP contribution is 2.27. The Morgan fingerprint density at radius 2 is 2.00 bits per heavy atom. The summed E-state index contributed by atoms with van der Waals surface area (Å²) >= 11 is 4.03. The van der Waals surface area contributed by atoms with Crippen molar-refractivity contribution in [1.29, 1.82) is 0 Å². The molecule has 17 heavy (non-hydrogen) atoms. The average Bonchev–Trinajstić information content (AvgIpc) is 2.36. The molecule has 5 heteroatoms. The number of amides is 1. The summed E-state index contributed by atoms with van der Waals surface area (Å²) in [5.74, 6) is 1.91. The predicted octanol–water partition coefficient (Wildman–Crippen LogP) is 1.29. The van der Waals surface area contributed by atoms with Gasteiger partial charge in [-0.2, -0.15) is 12.6 Å². The van der Waals surface area contributed by atoms with E-state index < -0.39 is 0 Å². The van der Waals surface area contributed by atoms with Crippen LogP contribution in [0.15, 0.2) is 18.2 Å². The first-order valence-corrected chi connectivity index (χ1v) is 5.93. The van der Waals surface area contributed by atoms with Crippen molar-refractivity contribution in [1.82, 2.24) is 5.32 Å². The first-order valence-electron chi connectivity index (χ1n) is 5.29. The van der Waals surface area contributed by atoms with Gasteiger partial charge in [-0.25, -0.2) is 0 Å². The number of rotatable bonds is 6. The molecule has 1 amide bonds. The molecule has 0 bridgehead atoms. The molecule has 0 saturated carbocycles. The first-order chi connectivity index (χ1) is 8.21. The zero-order valence-corrected chi connectivity index (χ0v) is 10.9. The molecule has 4 nitrogen and oxygen atoms in total. The molecule has 0 fully saturated rings. The van der Waals surface area contributed by atoms with Crippen molar-refractivity contribution < 1.29 is 14.3 Å². The number of carbonyl (C=O) groups is 1. The van der Waals surface area contributed by atoms with E-state index in [4.69, 9.17) is 9.47 Å². The van der Waals surface area contributed by atoms with Crippen LogP contribution in [0, 0.1) is 0 Å². The highest BCUT2D eigenvalue weighted by atomic mass is 32.1. The van der Waals surface area contributed by atoms with Gasteiger partial charge in [0.05, 0.1) is 20.6 Å². The number of ether oxygens (including phenoxy) is 2. The molecule has 0 heterocycles. The normalized spacial score (nSPS) is 9.82. The van der Waals surface area contributed by atoms with Crippen LogP contribution >= 0.6 is 12.6 Å². The maximum Gasteiger partial charge on any atom is 0.224 e. The van der Waals surface area contributed by atoms with E-state index in [1.807, 2.05) is 6.07 Å². The fourth-order valence-electron chi connectivity index (χ4n) is 1.43. The van der Waals surface area contributed by atoms with Crippen LogP contribution in [0.2, 0.25) is 0 Å². The molecule has 1 rings (SSSR count). The Morgan fingerprint density at radius 3 is 2.59 bits per heavy atom. The third-order valence-corrected chi connectivity index (χ3v) is 2.47. The fraction of sp³-hybridized carbons (Fsp3) is 0.417. The lowest BCUT2D eigenvalue weighted by Crippen LogP contribution is -2.26. The Morgan fingerprint density at radius 1 is 1.29 bits per heavy atom. The Hall–Kier alpha value is -1.36. The smallest absolute Gasteiger partial charge is 0.224 e. The van der Waals surface area contributed by atoms with E-state index in [0.29, 0.717) is 30.2 Å². The number of methoxy groups -OCH3 is 2. The lowest BCUT2D eigenvalue weighted by atomic mass is 10.1. The molecule has 0 saturated heterocycles. The van der Waals surface area contributed by atoms with Gasteiger partial charge in [0, 0.05) is 12.3 Å². The van der Waals surface area contributed by atoms with Gasteiger partial charge < -0.3 is 14.8 Å². The molecule has 0 aliphatic carbocycles. The van der Waals surface area contributed by atoms with Gasteiger partial charge in [0.15, 0.2) is 11.5 Å². The van der Waals surface area contributed by atoms with Crippen LogP contribution in [0.4, 0.5) is 0 Å². The Balaban J connectivity index is 2.68. The number of carbonyl (C=O) groups excluding carboxylic acids is 1. The van der Waals surface area contributed by atoms with Gasteiger partial charge in [-0.1, -0.05) is 6.07 Å². The summed E-state index contributed by atoms with van der Waals surface area (Å²) in [6.07, 6.45) is 0.328. The van der Waals surface area contributed by atoms with Gasteiger partial charge in [0.1, 0.15) is 0 Å². The van der Waals surface area contributed by atoms with Crippen LogP contribution in [-0.4, -0.2) is 32.4 Å². The number of thiol groups is 1. The molecule has 0 aliphatic rings. The largest absolute Gasteiger partial charge is 0.493 e. The van der Waals surface area contributed by atoms with Crippen molar-refractivity contribution in [2.75, 3.05) is 26.5 Å². The van der Waals surface area contributed by atoms with E-state index in [9.17, 15) is 4.79 Å². The molecule has 94 valence electrons. The highest BCUT2D eigenvalue weighted by Gasteiger charge is 2.07. The first kappa shape index (κ1) is 13.7. The topological polar surface area (TPSA) is 47.6 Å². The molecule has 0 spiro atoms. The van der Waals surface area contributed by atoms with Crippen molar-refractivity contribution in [2.45, 2.75) is 6.42 Å². The summed E-state index contributed by atoms with van der Waals surface area (Å²) < 4.78 is 10.3. The van der Waals surface area contributed by atoms with Crippen LogP contribution in [0.25, 0.3) is 0 Å². The second-order valence-corrected chi connectivity index (χ2v) is 3.89. The van der Waals surface area contributed by atoms with Gasteiger partial charge in [0.2, 0.25) is 5.91 Å². The molecule has 1 N–H and O–H groups in total. The summed E-state index contributed by atoms with van der Waals surface area (Å²) in [6.45, 7) is 0.579. The maximum atomic E-state index is 11.5. The van der Waals surface area contributed by atoms with Crippen molar-refractivity contribution in [3.05, 3.63) is 23.8 Å². The van der Waals surface area contributed by atoms with Crippen LogP contribution in [-0.2, 0) is 11.2 Å². The fourth-order valence-corrected chi connectivity index (χ4v) is 1.55. The number of benzene rings is 1. The van der Waals surface area contributed by atoms with Gasteiger partial charge in [-0.3, -0.25) is 4.79 Å². The minimum Gasteiger partial charge on any atom is -0.493 e. The summed E-state index contributed by atoms with van der Waals surface area (Å²) in [5, 5.41) is 2.76. The highest BCUT2D eigenvalue weighted by molar-refractivity contribution is 7.80. The molecule has 0 aromatic heterocycles. The second kappa shape index (κ2) is 7.06. The zero-order chi connectivity index (χ0) is 12.7. The van der Waals surface area contributed by atoms with E-state index in [2.05, 4.69) is 17.9 Å². The molecule has 0 unspecified atom stereocenters. The summed E-state index contributed by atoms with van der Waals surface area (Å²) in [5.41, 5.74) is 0.888. The molecule has 0 radical (unpaired) electrons. The van der Waals surface area contributed by atoms with Crippen LogP contribution in [0.5, 0.6) is 11.5 Å². The third-order valence-electron chi connectivity index (χ3n) is 2.25. The summed E-state index contributed by atoms with van der Waals surface area (Å²) in [4.78, 5) is 11.5. The molecule has 1 aromatic rings. The second-order valence-electron chi connectivity index (χ2n) is 3.44. The maximum absolute atomic E-state index is 11.5. The van der Waals surface area contributed by atoms with Gasteiger partial charge in [-0.15, -0.1) is 0 Å². The number of nitrogens with one attached hydrogen (secondary N) is 1. The van der Waals surface area contributed by atoms with E-state index in [0.717, 1.165) is 5.56 Å². The van der Waals surface area contributed by atoms with Crippen molar-refractivity contribution in [3.8, 4) is 11.5 Å². The SMILES string of the molecule is COc1ccc(CC(=O)NCCS)cc1OC. The predicted molar refractivity (Wildman–Crippen MR) is 70.1 cm³/mol. The van der Waals surface area contributed by atoms with E-state index in [1.165, 1.54) is 0 Å². The number of hydrogen-bond donors (Lipinski definition) is 2. The zero-order valence-electron chi connectivity index (χ0n) is 10.0. The Kier molecular flexibility index (Phi) is 5.69. The van der Waals surface area contributed by atoms with E-state index in [-0.39, 0.29) is 5.91 Å². The molecular weight excluding hydrogens is 238 g/mol. The van der Waals surface area contributed by atoms with Crippen LogP contribution in [0.1, 0.15) is 5.56 Å². The lowest BCUT2D eigenvalue weighted by molar-refractivity contribution is -0.120. The summed E-state index contributed by atoms with van der Waals surface area (Å²) in [7, 11) is 3.15. The van der Waals surface area contributed by atoms with Crippen LogP contribution < -0.4 is 14.8 Å². The summed E-state index contributed by atoms with van der Waals surface area (Å²) in [6, 6.07) is 5.45. The van der Waals surface area contributed by atoms with E-state index in [1.54, 1.807) is 26.4 Å². The van der Waals surface area contributed by atoms with Crippen molar-refractivity contribution >= 4 is 18.5 Å². The van der Waals surface area contributed by atoms with Crippen molar-refractivity contribution in [3.63, 3.8) is 0 Å². The molecule has 0 aliphatic heterocycles. The monoisotopic (exact) mass is 255 g/mol. The van der Waals surface area contributed by atoms with Gasteiger partial charge in [-0.05, 0) is 17.7 Å².